The van der Waals surface area contributed by atoms with Crippen LogP contribution in [0.1, 0.15) is 26.3 Å². The number of benzene rings is 2. The average molecular weight is 389 g/mol. The number of rotatable bonds is 3. The van der Waals surface area contributed by atoms with Crippen LogP contribution in [0, 0.1) is 3.57 Å². The number of halogens is 1. The van der Waals surface area contributed by atoms with Gasteiger partial charge in [0.2, 0.25) is 0 Å². The molecule has 0 radical (unpaired) electrons. The predicted octanol–water partition coefficient (Wildman–Crippen LogP) is 3.60. The molecule has 3 rings (SSSR count). The van der Waals surface area contributed by atoms with Crippen molar-refractivity contribution in [1.82, 2.24) is 4.90 Å². The second-order valence-corrected chi connectivity index (χ2v) is 5.97. The van der Waals surface area contributed by atoms with Gasteiger partial charge in [0.05, 0.1) is 11.1 Å². The van der Waals surface area contributed by atoms with Crippen molar-refractivity contribution in [2.45, 2.75) is 0 Å². The van der Waals surface area contributed by atoms with Gasteiger partial charge in [-0.3, -0.25) is 14.5 Å². The summed E-state index contributed by atoms with van der Waals surface area (Å²) < 4.78 is 1.17. The Morgan fingerprint density at radius 3 is 2.05 bits per heavy atom. The molecule has 0 spiro atoms. The van der Waals surface area contributed by atoms with Crippen LogP contribution in [0.2, 0.25) is 0 Å². The second-order valence-electron chi connectivity index (χ2n) is 4.72. The lowest BCUT2D eigenvalue weighted by molar-refractivity contribution is 0.0672. The number of imide groups is 1. The molecular weight excluding hydrogens is 377 g/mol. The molecule has 1 aliphatic heterocycles. The van der Waals surface area contributed by atoms with E-state index in [-0.39, 0.29) is 11.8 Å². The van der Waals surface area contributed by atoms with Gasteiger partial charge in [0.15, 0.2) is 0 Å². The molecule has 4 heteroatoms. The van der Waals surface area contributed by atoms with Crippen LogP contribution in [0.4, 0.5) is 0 Å². The first-order chi connectivity index (χ1) is 10.2. The van der Waals surface area contributed by atoms with E-state index in [1.807, 2.05) is 36.4 Å². The van der Waals surface area contributed by atoms with Crippen LogP contribution >= 0.6 is 22.6 Å². The summed E-state index contributed by atoms with van der Waals surface area (Å²) in [4.78, 5) is 25.6. The minimum atomic E-state index is -0.220. The van der Waals surface area contributed by atoms with Crippen LogP contribution in [0.25, 0.3) is 6.08 Å². The molecule has 0 atom stereocenters. The lowest BCUT2D eigenvalue weighted by atomic mass is 10.1. The van der Waals surface area contributed by atoms with E-state index in [9.17, 15) is 9.59 Å². The summed E-state index contributed by atoms with van der Waals surface area (Å²) in [5, 5.41) is 0. The first-order valence-corrected chi connectivity index (χ1v) is 7.62. The van der Waals surface area contributed by atoms with E-state index in [0.29, 0.717) is 17.7 Å². The molecule has 0 fully saturated rings. The minimum Gasteiger partial charge on any atom is -0.270 e. The summed E-state index contributed by atoms with van der Waals surface area (Å²) in [6.07, 6.45) is 3.75. The van der Waals surface area contributed by atoms with Crippen molar-refractivity contribution in [2.24, 2.45) is 0 Å². The van der Waals surface area contributed by atoms with Crippen molar-refractivity contribution in [2.75, 3.05) is 6.54 Å². The maximum Gasteiger partial charge on any atom is 0.261 e. The Bertz CT molecular complexity index is 700. The van der Waals surface area contributed by atoms with Gasteiger partial charge in [0.1, 0.15) is 0 Å². The van der Waals surface area contributed by atoms with E-state index in [4.69, 9.17) is 0 Å². The molecule has 0 unspecified atom stereocenters. The highest BCUT2D eigenvalue weighted by Gasteiger charge is 2.33. The van der Waals surface area contributed by atoms with Crippen LogP contribution < -0.4 is 0 Å². The smallest absolute Gasteiger partial charge is 0.261 e. The highest BCUT2D eigenvalue weighted by atomic mass is 127. The Hall–Kier alpha value is -1.95. The van der Waals surface area contributed by atoms with Crippen molar-refractivity contribution in [1.29, 1.82) is 0 Å². The number of hydrogen-bond acceptors (Lipinski definition) is 2. The van der Waals surface area contributed by atoms with Crippen LogP contribution in [0.3, 0.4) is 0 Å². The molecule has 1 aliphatic rings. The zero-order chi connectivity index (χ0) is 14.8. The highest BCUT2D eigenvalue weighted by molar-refractivity contribution is 14.1. The average Bonchev–Trinajstić information content (AvgIpc) is 2.75. The van der Waals surface area contributed by atoms with Crippen molar-refractivity contribution < 1.29 is 9.59 Å². The fourth-order valence-electron chi connectivity index (χ4n) is 2.27. The van der Waals surface area contributed by atoms with Gasteiger partial charge in [-0.1, -0.05) is 36.4 Å². The fourth-order valence-corrected chi connectivity index (χ4v) is 2.63. The first kappa shape index (κ1) is 14.0. The standard InChI is InChI=1S/C17H12INO2/c18-13-9-7-12(8-10-13)4-3-11-19-16(20)14-5-1-2-6-15(14)17(19)21/h1-10H,11H2/b4-3+. The minimum absolute atomic E-state index is 0.220. The third-order valence-electron chi connectivity index (χ3n) is 3.35. The van der Waals surface area contributed by atoms with Crippen LogP contribution in [0.5, 0.6) is 0 Å². The summed E-state index contributed by atoms with van der Waals surface area (Å²) in [6.45, 7) is 0.290. The number of fused-ring (bicyclic) bond motifs is 1. The molecule has 1 heterocycles. The Balaban J connectivity index is 1.74. The largest absolute Gasteiger partial charge is 0.270 e. The molecule has 0 saturated carbocycles. The van der Waals surface area contributed by atoms with E-state index in [1.165, 1.54) is 8.47 Å². The molecule has 0 saturated heterocycles. The van der Waals surface area contributed by atoms with Gasteiger partial charge in [0.25, 0.3) is 11.8 Å². The molecule has 104 valence electrons. The van der Waals surface area contributed by atoms with E-state index in [1.54, 1.807) is 24.3 Å². The number of amides is 2. The Labute approximate surface area is 136 Å². The molecule has 2 aromatic carbocycles. The number of carbonyl (C=O) groups excluding carboxylic acids is 2. The fraction of sp³-hybridized carbons (Fsp3) is 0.0588. The van der Waals surface area contributed by atoms with Crippen LogP contribution in [0.15, 0.2) is 54.6 Å². The SMILES string of the molecule is O=C1c2ccccc2C(=O)N1C/C=C/c1ccc(I)cc1. The predicted molar refractivity (Wildman–Crippen MR) is 90.0 cm³/mol. The van der Waals surface area contributed by atoms with Crippen LogP contribution in [-0.4, -0.2) is 23.3 Å². The van der Waals surface area contributed by atoms with E-state index in [0.717, 1.165) is 5.56 Å². The van der Waals surface area contributed by atoms with E-state index in [2.05, 4.69) is 22.6 Å². The molecule has 0 bridgehead atoms. The molecule has 0 N–H and O–H groups in total. The van der Waals surface area contributed by atoms with Gasteiger partial charge in [0, 0.05) is 10.1 Å². The van der Waals surface area contributed by atoms with Gasteiger partial charge in [-0.05, 0) is 52.4 Å². The Kier molecular flexibility index (Phi) is 3.88. The summed E-state index contributed by atoms with van der Waals surface area (Å²) in [6, 6.07) is 15.0. The van der Waals surface area contributed by atoms with Crippen LogP contribution in [-0.2, 0) is 0 Å². The Morgan fingerprint density at radius 1 is 0.905 bits per heavy atom. The van der Waals surface area contributed by atoms with Crippen molar-refractivity contribution >= 4 is 40.5 Å². The van der Waals surface area contributed by atoms with E-state index >= 15 is 0 Å². The third-order valence-corrected chi connectivity index (χ3v) is 4.07. The second kappa shape index (κ2) is 5.81. The summed E-state index contributed by atoms with van der Waals surface area (Å²) in [7, 11) is 0. The maximum atomic E-state index is 12.2. The van der Waals surface area contributed by atoms with Crippen molar-refractivity contribution in [3.05, 3.63) is 74.9 Å². The highest BCUT2D eigenvalue weighted by Crippen LogP contribution is 2.22. The number of hydrogen-bond donors (Lipinski definition) is 0. The van der Waals surface area contributed by atoms with Gasteiger partial charge in [-0.25, -0.2) is 0 Å². The molecule has 21 heavy (non-hydrogen) atoms. The quantitative estimate of drug-likeness (QED) is 0.594. The molecule has 2 amide bonds. The normalized spacial score (nSPS) is 14.0. The van der Waals surface area contributed by atoms with E-state index < -0.39 is 0 Å². The van der Waals surface area contributed by atoms with Crippen molar-refractivity contribution in [3.8, 4) is 0 Å². The lowest BCUT2D eigenvalue weighted by Gasteiger charge is -2.10. The van der Waals surface area contributed by atoms with Gasteiger partial charge in [-0.15, -0.1) is 0 Å². The van der Waals surface area contributed by atoms with Gasteiger partial charge in [-0.2, -0.15) is 0 Å². The third kappa shape index (κ3) is 2.76. The summed E-state index contributed by atoms with van der Waals surface area (Å²) in [5.41, 5.74) is 2.03. The molecule has 0 aliphatic carbocycles. The maximum absolute atomic E-state index is 12.2. The summed E-state index contributed by atoms with van der Waals surface area (Å²) >= 11 is 2.25. The number of nitrogens with zero attached hydrogens (tertiary/aromatic N) is 1. The summed E-state index contributed by atoms with van der Waals surface area (Å²) in [5.74, 6) is -0.439. The zero-order valence-corrected chi connectivity index (χ0v) is 13.3. The molecule has 0 aromatic heterocycles. The molecular formula is C17H12INO2. The lowest BCUT2D eigenvalue weighted by Crippen LogP contribution is -2.29. The monoisotopic (exact) mass is 389 g/mol. The van der Waals surface area contributed by atoms with Gasteiger partial charge < -0.3 is 0 Å². The topological polar surface area (TPSA) is 37.4 Å². The first-order valence-electron chi connectivity index (χ1n) is 6.54. The molecule has 2 aromatic rings. The Morgan fingerprint density at radius 2 is 1.48 bits per heavy atom. The van der Waals surface area contributed by atoms with Crippen molar-refractivity contribution in [3.63, 3.8) is 0 Å². The number of carbonyl (C=O) groups is 2. The zero-order valence-electron chi connectivity index (χ0n) is 11.1. The van der Waals surface area contributed by atoms with Gasteiger partial charge >= 0.3 is 0 Å². The molecule has 3 nitrogen and oxygen atoms in total.